The molecule has 0 aromatic heterocycles. The summed E-state index contributed by atoms with van der Waals surface area (Å²) in [5, 5.41) is 0. The summed E-state index contributed by atoms with van der Waals surface area (Å²) in [6.07, 6.45) is 0. The first kappa shape index (κ1) is 7.35. The molecule has 1 aromatic rings. The highest BCUT2D eigenvalue weighted by Gasteiger charge is 2.16. The van der Waals surface area contributed by atoms with Crippen LogP contribution in [0, 0.1) is 0 Å². The summed E-state index contributed by atoms with van der Waals surface area (Å²) in [6, 6.07) is 10.4. The number of hydrogen-bond acceptors (Lipinski definition) is 2. The second-order valence-corrected chi connectivity index (χ2v) is 2.89. The van der Waals surface area contributed by atoms with Gasteiger partial charge in [0.1, 0.15) is 12.6 Å². The SMILES string of the molecule is CC1=N[C@H](c2ccccc2)CO1. The van der Waals surface area contributed by atoms with E-state index in [1.807, 2.05) is 25.1 Å². The van der Waals surface area contributed by atoms with E-state index in [2.05, 4.69) is 17.1 Å². The highest BCUT2D eigenvalue weighted by Crippen LogP contribution is 2.21. The van der Waals surface area contributed by atoms with Crippen molar-refractivity contribution in [1.82, 2.24) is 0 Å². The fourth-order valence-corrected chi connectivity index (χ4v) is 1.34. The molecule has 0 aliphatic carbocycles. The summed E-state index contributed by atoms with van der Waals surface area (Å²) < 4.78 is 5.27. The van der Waals surface area contributed by atoms with E-state index in [0.717, 1.165) is 5.90 Å². The molecule has 1 aliphatic heterocycles. The van der Waals surface area contributed by atoms with E-state index in [1.165, 1.54) is 5.56 Å². The van der Waals surface area contributed by atoms with E-state index in [-0.39, 0.29) is 6.04 Å². The Hall–Kier alpha value is -1.31. The maximum Gasteiger partial charge on any atom is 0.180 e. The minimum Gasteiger partial charge on any atom is -0.479 e. The van der Waals surface area contributed by atoms with Gasteiger partial charge in [-0.3, -0.25) is 0 Å². The molecule has 0 spiro atoms. The Kier molecular flexibility index (Phi) is 1.82. The van der Waals surface area contributed by atoms with Crippen molar-refractivity contribution in [1.29, 1.82) is 0 Å². The zero-order chi connectivity index (χ0) is 8.39. The van der Waals surface area contributed by atoms with Crippen LogP contribution in [0.5, 0.6) is 0 Å². The first-order chi connectivity index (χ1) is 5.86. The van der Waals surface area contributed by atoms with Gasteiger partial charge in [-0.15, -0.1) is 0 Å². The van der Waals surface area contributed by atoms with E-state index < -0.39 is 0 Å². The van der Waals surface area contributed by atoms with Crippen LogP contribution in [0.2, 0.25) is 0 Å². The van der Waals surface area contributed by atoms with Crippen LogP contribution in [-0.4, -0.2) is 12.5 Å². The fourth-order valence-electron chi connectivity index (χ4n) is 1.34. The first-order valence-corrected chi connectivity index (χ1v) is 4.08. The van der Waals surface area contributed by atoms with Crippen molar-refractivity contribution in [2.75, 3.05) is 6.61 Å². The highest BCUT2D eigenvalue weighted by atomic mass is 16.5. The lowest BCUT2D eigenvalue weighted by molar-refractivity contribution is 0.317. The molecule has 1 aromatic carbocycles. The summed E-state index contributed by atoms with van der Waals surface area (Å²) >= 11 is 0. The van der Waals surface area contributed by atoms with Gasteiger partial charge in [0.2, 0.25) is 0 Å². The van der Waals surface area contributed by atoms with Crippen LogP contribution < -0.4 is 0 Å². The molecule has 12 heavy (non-hydrogen) atoms. The molecule has 0 amide bonds. The summed E-state index contributed by atoms with van der Waals surface area (Å²) in [4.78, 5) is 4.35. The third-order valence-corrected chi connectivity index (χ3v) is 1.97. The normalized spacial score (nSPS) is 21.8. The molecule has 0 unspecified atom stereocenters. The highest BCUT2D eigenvalue weighted by molar-refractivity contribution is 5.74. The van der Waals surface area contributed by atoms with E-state index in [4.69, 9.17) is 4.74 Å². The van der Waals surface area contributed by atoms with Crippen molar-refractivity contribution < 1.29 is 4.74 Å². The van der Waals surface area contributed by atoms with Gasteiger partial charge < -0.3 is 4.74 Å². The third kappa shape index (κ3) is 1.33. The van der Waals surface area contributed by atoms with Crippen LogP contribution in [0.3, 0.4) is 0 Å². The molecule has 1 atom stereocenters. The molecule has 0 fully saturated rings. The average molecular weight is 161 g/mol. The molecule has 2 heteroatoms. The van der Waals surface area contributed by atoms with Crippen LogP contribution in [-0.2, 0) is 4.74 Å². The lowest BCUT2D eigenvalue weighted by Gasteiger charge is -2.03. The van der Waals surface area contributed by atoms with Crippen molar-refractivity contribution in [2.45, 2.75) is 13.0 Å². The third-order valence-electron chi connectivity index (χ3n) is 1.97. The Morgan fingerprint density at radius 1 is 1.33 bits per heavy atom. The second kappa shape index (κ2) is 2.97. The monoisotopic (exact) mass is 161 g/mol. The van der Waals surface area contributed by atoms with Gasteiger partial charge in [0.15, 0.2) is 5.90 Å². The lowest BCUT2D eigenvalue weighted by atomic mass is 10.1. The van der Waals surface area contributed by atoms with Gasteiger partial charge in [-0.1, -0.05) is 30.3 Å². The molecular formula is C10H11NO. The Labute approximate surface area is 71.9 Å². The smallest absolute Gasteiger partial charge is 0.180 e. The lowest BCUT2D eigenvalue weighted by Crippen LogP contribution is -1.96. The molecule has 1 aliphatic rings. The van der Waals surface area contributed by atoms with Gasteiger partial charge in [0, 0.05) is 6.92 Å². The predicted octanol–water partition coefficient (Wildman–Crippen LogP) is 2.18. The Morgan fingerprint density at radius 2 is 2.08 bits per heavy atom. The second-order valence-electron chi connectivity index (χ2n) is 2.89. The average Bonchev–Trinajstić information content (AvgIpc) is 2.54. The molecule has 2 nitrogen and oxygen atoms in total. The summed E-state index contributed by atoms with van der Waals surface area (Å²) in [5.74, 6) is 0.795. The minimum absolute atomic E-state index is 0.214. The number of ether oxygens (including phenoxy) is 1. The quantitative estimate of drug-likeness (QED) is 0.618. The van der Waals surface area contributed by atoms with Crippen molar-refractivity contribution in [2.24, 2.45) is 4.99 Å². The first-order valence-electron chi connectivity index (χ1n) is 4.08. The zero-order valence-corrected chi connectivity index (χ0v) is 7.03. The minimum atomic E-state index is 0.214. The number of aliphatic imine (C=N–C) groups is 1. The number of hydrogen-bond donors (Lipinski definition) is 0. The molecule has 0 radical (unpaired) electrons. The van der Waals surface area contributed by atoms with Crippen LogP contribution >= 0.6 is 0 Å². The van der Waals surface area contributed by atoms with E-state index in [0.29, 0.717) is 6.61 Å². The van der Waals surface area contributed by atoms with Gasteiger partial charge in [0.05, 0.1) is 0 Å². The molecule has 0 saturated carbocycles. The Bertz CT molecular complexity index is 292. The van der Waals surface area contributed by atoms with E-state index in [9.17, 15) is 0 Å². The molecule has 0 N–H and O–H groups in total. The fraction of sp³-hybridized carbons (Fsp3) is 0.300. The van der Waals surface area contributed by atoms with Gasteiger partial charge in [-0.05, 0) is 5.56 Å². The summed E-state index contributed by atoms with van der Waals surface area (Å²) in [7, 11) is 0. The van der Waals surface area contributed by atoms with Crippen LogP contribution in [0.4, 0.5) is 0 Å². The maximum atomic E-state index is 5.27. The number of benzene rings is 1. The largest absolute Gasteiger partial charge is 0.479 e. The maximum absolute atomic E-state index is 5.27. The van der Waals surface area contributed by atoms with Crippen LogP contribution in [0.15, 0.2) is 35.3 Å². The molecular weight excluding hydrogens is 150 g/mol. The summed E-state index contributed by atoms with van der Waals surface area (Å²) in [5.41, 5.74) is 1.23. The van der Waals surface area contributed by atoms with Crippen molar-refractivity contribution in [3.05, 3.63) is 35.9 Å². The Balaban J connectivity index is 2.22. The van der Waals surface area contributed by atoms with Crippen molar-refractivity contribution in [3.8, 4) is 0 Å². The standard InChI is InChI=1S/C10H11NO/c1-8-11-10(7-12-8)9-5-3-2-4-6-9/h2-6,10H,7H2,1H3/t10-/m0/s1. The van der Waals surface area contributed by atoms with Crippen molar-refractivity contribution in [3.63, 3.8) is 0 Å². The van der Waals surface area contributed by atoms with Crippen LogP contribution in [0.25, 0.3) is 0 Å². The van der Waals surface area contributed by atoms with Gasteiger partial charge >= 0.3 is 0 Å². The molecule has 0 bridgehead atoms. The van der Waals surface area contributed by atoms with E-state index in [1.54, 1.807) is 0 Å². The predicted molar refractivity (Wildman–Crippen MR) is 48.2 cm³/mol. The van der Waals surface area contributed by atoms with Gasteiger partial charge in [-0.2, -0.15) is 0 Å². The Morgan fingerprint density at radius 3 is 2.67 bits per heavy atom. The number of rotatable bonds is 1. The summed E-state index contributed by atoms with van der Waals surface area (Å²) in [6.45, 7) is 2.58. The van der Waals surface area contributed by atoms with Crippen LogP contribution in [0.1, 0.15) is 18.5 Å². The van der Waals surface area contributed by atoms with Crippen molar-refractivity contribution >= 4 is 5.90 Å². The topological polar surface area (TPSA) is 21.6 Å². The van der Waals surface area contributed by atoms with Gasteiger partial charge in [0.25, 0.3) is 0 Å². The zero-order valence-electron chi connectivity index (χ0n) is 7.03. The molecule has 62 valence electrons. The molecule has 1 heterocycles. The van der Waals surface area contributed by atoms with E-state index >= 15 is 0 Å². The number of nitrogens with zero attached hydrogens (tertiary/aromatic N) is 1. The molecule has 2 rings (SSSR count). The van der Waals surface area contributed by atoms with Gasteiger partial charge in [-0.25, -0.2) is 4.99 Å². The molecule has 0 saturated heterocycles.